The van der Waals surface area contributed by atoms with Gasteiger partial charge in [-0.05, 0) is 18.2 Å². The SMILES string of the molecule is Clc1cnc(-c2[c]ccc(Br)c2)s1. The zero-order valence-corrected chi connectivity index (χ0v) is 9.58. The zero-order valence-electron chi connectivity index (χ0n) is 6.42. The zero-order chi connectivity index (χ0) is 9.26. The molecular formula is C9H4BrClNS. The number of nitrogens with zero attached hydrogens (tertiary/aromatic N) is 1. The summed E-state index contributed by atoms with van der Waals surface area (Å²) in [6, 6.07) is 8.85. The quantitative estimate of drug-likeness (QED) is 0.764. The van der Waals surface area contributed by atoms with Crippen molar-refractivity contribution < 1.29 is 0 Å². The number of aromatic nitrogens is 1. The average molecular weight is 274 g/mol. The van der Waals surface area contributed by atoms with E-state index in [1.165, 1.54) is 11.3 Å². The summed E-state index contributed by atoms with van der Waals surface area (Å²) in [5, 5.41) is 0.895. The normalized spacial score (nSPS) is 10.3. The van der Waals surface area contributed by atoms with E-state index in [2.05, 4.69) is 27.0 Å². The Morgan fingerprint density at radius 3 is 3.00 bits per heavy atom. The maximum Gasteiger partial charge on any atom is 0.125 e. The molecule has 1 aromatic heterocycles. The molecule has 65 valence electrons. The molecular weight excluding hydrogens is 270 g/mol. The molecule has 0 atom stereocenters. The molecule has 0 saturated heterocycles. The molecule has 13 heavy (non-hydrogen) atoms. The molecule has 0 fully saturated rings. The largest absolute Gasteiger partial charge is 0.243 e. The van der Waals surface area contributed by atoms with Crippen LogP contribution in [0.5, 0.6) is 0 Å². The highest BCUT2D eigenvalue weighted by atomic mass is 79.9. The molecule has 1 nitrogen and oxygen atoms in total. The fourth-order valence-corrected chi connectivity index (χ4v) is 2.19. The van der Waals surface area contributed by atoms with Gasteiger partial charge in [0.25, 0.3) is 0 Å². The van der Waals surface area contributed by atoms with Crippen molar-refractivity contribution in [1.29, 1.82) is 0 Å². The van der Waals surface area contributed by atoms with Gasteiger partial charge in [0.2, 0.25) is 0 Å². The van der Waals surface area contributed by atoms with Crippen LogP contribution in [0, 0.1) is 6.07 Å². The number of hydrogen-bond donors (Lipinski definition) is 0. The third kappa shape index (κ3) is 2.10. The predicted molar refractivity (Wildman–Crippen MR) is 59.1 cm³/mol. The van der Waals surface area contributed by atoms with E-state index in [1.807, 2.05) is 18.2 Å². The Kier molecular flexibility index (Phi) is 2.67. The van der Waals surface area contributed by atoms with E-state index in [9.17, 15) is 0 Å². The van der Waals surface area contributed by atoms with Crippen molar-refractivity contribution in [2.75, 3.05) is 0 Å². The monoisotopic (exact) mass is 272 g/mol. The van der Waals surface area contributed by atoms with Crippen molar-refractivity contribution in [1.82, 2.24) is 4.98 Å². The number of thiazole rings is 1. The van der Waals surface area contributed by atoms with Crippen molar-refractivity contribution in [2.45, 2.75) is 0 Å². The van der Waals surface area contributed by atoms with Gasteiger partial charge in [0.15, 0.2) is 0 Å². The lowest BCUT2D eigenvalue weighted by molar-refractivity contribution is 1.41. The Morgan fingerprint density at radius 1 is 1.54 bits per heavy atom. The maximum absolute atomic E-state index is 5.78. The number of benzene rings is 1. The standard InChI is InChI=1S/C9H4BrClNS/c10-7-3-1-2-6(4-7)9-12-5-8(11)13-9/h1,3-5H. The van der Waals surface area contributed by atoms with E-state index in [0.717, 1.165) is 15.0 Å². The third-order valence-corrected chi connectivity index (χ3v) is 3.11. The lowest BCUT2D eigenvalue weighted by atomic mass is 10.2. The average Bonchev–Trinajstić information content (AvgIpc) is 2.52. The van der Waals surface area contributed by atoms with Gasteiger partial charge in [-0.3, -0.25) is 0 Å². The molecule has 0 aliphatic carbocycles. The van der Waals surface area contributed by atoms with Gasteiger partial charge in [-0.25, -0.2) is 4.98 Å². The Bertz CT molecular complexity index is 427. The maximum atomic E-state index is 5.78. The summed E-state index contributed by atoms with van der Waals surface area (Å²) in [4.78, 5) is 4.16. The van der Waals surface area contributed by atoms with Crippen LogP contribution in [0.3, 0.4) is 0 Å². The summed E-state index contributed by atoms with van der Waals surface area (Å²) < 4.78 is 1.72. The van der Waals surface area contributed by atoms with Gasteiger partial charge in [0.1, 0.15) is 9.34 Å². The first-order valence-corrected chi connectivity index (χ1v) is 5.53. The van der Waals surface area contributed by atoms with Crippen LogP contribution < -0.4 is 0 Å². The molecule has 2 rings (SSSR count). The predicted octanol–water partition coefficient (Wildman–Crippen LogP) is 4.03. The Balaban J connectivity index is 2.46. The molecule has 0 spiro atoms. The van der Waals surface area contributed by atoms with Crippen LogP contribution in [0.2, 0.25) is 4.34 Å². The van der Waals surface area contributed by atoms with Crippen LogP contribution in [0.15, 0.2) is 28.9 Å². The molecule has 0 saturated carbocycles. The first-order valence-electron chi connectivity index (χ1n) is 3.54. The van der Waals surface area contributed by atoms with E-state index in [-0.39, 0.29) is 0 Å². The highest BCUT2D eigenvalue weighted by Crippen LogP contribution is 2.28. The minimum Gasteiger partial charge on any atom is -0.243 e. The fourth-order valence-electron chi connectivity index (χ4n) is 0.941. The topological polar surface area (TPSA) is 12.9 Å². The molecule has 1 heterocycles. The van der Waals surface area contributed by atoms with Gasteiger partial charge in [-0.2, -0.15) is 0 Å². The van der Waals surface area contributed by atoms with E-state index in [1.54, 1.807) is 6.20 Å². The summed E-state index contributed by atoms with van der Waals surface area (Å²) in [6.45, 7) is 0. The number of halogens is 2. The van der Waals surface area contributed by atoms with Crippen LogP contribution in [-0.2, 0) is 0 Å². The molecule has 0 aliphatic heterocycles. The van der Waals surface area contributed by atoms with Gasteiger partial charge < -0.3 is 0 Å². The molecule has 4 heteroatoms. The lowest BCUT2D eigenvalue weighted by Crippen LogP contribution is -1.74. The van der Waals surface area contributed by atoms with Crippen LogP contribution >= 0.6 is 38.9 Å². The van der Waals surface area contributed by atoms with Crippen molar-refractivity contribution in [3.8, 4) is 10.6 Å². The minimum absolute atomic E-state index is 0.698. The Labute approximate surface area is 93.5 Å². The fraction of sp³-hybridized carbons (Fsp3) is 0. The van der Waals surface area contributed by atoms with Crippen LogP contribution in [-0.4, -0.2) is 4.98 Å². The highest BCUT2D eigenvalue weighted by molar-refractivity contribution is 9.10. The summed E-state index contributed by atoms with van der Waals surface area (Å²) in [5.41, 5.74) is 0.964. The summed E-state index contributed by atoms with van der Waals surface area (Å²) >= 11 is 10.6. The van der Waals surface area contributed by atoms with E-state index in [0.29, 0.717) is 4.34 Å². The van der Waals surface area contributed by atoms with Crippen molar-refractivity contribution in [3.05, 3.63) is 39.3 Å². The Hall–Kier alpha value is -0.380. The summed E-state index contributed by atoms with van der Waals surface area (Å²) in [7, 11) is 0. The smallest absolute Gasteiger partial charge is 0.125 e. The molecule has 0 unspecified atom stereocenters. The first-order chi connectivity index (χ1) is 6.25. The molecule has 0 aliphatic rings. The van der Waals surface area contributed by atoms with Crippen molar-refractivity contribution in [3.63, 3.8) is 0 Å². The molecule has 0 bridgehead atoms. The van der Waals surface area contributed by atoms with Gasteiger partial charge in [0, 0.05) is 10.0 Å². The van der Waals surface area contributed by atoms with Gasteiger partial charge >= 0.3 is 0 Å². The summed E-state index contributed by atoms with van der Waals surface area (Å²) in [6.07, 6.45) is 1.65. The van der Waals surface area contributed by atoms with Gasteiger partial charge in [-0.15, -0.1) is 11.3 Å². The van der Waals surface area contributed by atoms with Crippen molar-refractivity contribution in [2.24, 2.45) is 0 Å². The van der Waals surface area contributed by atoms with E-state index >= 15 is 0 Å². The van der Waals surface area contributed by atoms with E-state index < -0.39 is 0 Å². The third-order valence-electron chi connectivity index (χ3n) is 1.47. The number of rotatable bonds is 1. The molecule has 1 radical (unpaired) electrons. The molecule has 0 N–H and O–H groups in total. The van der Waals surface area contributed by atoms with Crippen LogP contribution in [0.1, 0.15) is 0 Å². The lowest BCUT2D eigenvalue weighted by Gasteiger charge is -1.94. The molecule has 1 aromatic carbocycles. The second kappa shape index (κ2) is 3.78. The minimum atomic E-state index is 0.698. The second-order valence-corrected chi connectivity index (χ2v) is 4.97. The van der Waals surface area contributed by atoms with E-state index in [4.69, 9.17) is 11.6 Å². The molecule has 2 aromatic rings. The van der Waals surface area contributed by atoms with Crippen LogP contribution in [0.25, 0.3) is 10.6 Å². The second-order valence-electron chi connectivity index (χ2n) is 2.39. The van der Waals surface area contributed by atoms with Gasteiger partial charge in [-0.1, -0.05) is 33.6 Å². The molecule has 0 amide bonds. The summed E-state index contributed by atoms with van der Waals surface area (Å²) in [5.74, 6) is 0. The van der Waals surface area contributed by atoms with Gasteiger partial charge in [0.05, 0.1) is 6.20 Å². The van der Waals surface area contributed by atoms with Crippen LogP contribution in [0.4, 0.5) is 0 Å². The Morgan fingerprint density at radius 2 is 2.38 bits per heavy atom. The van der Waals surface area contributed by atoms with Crippen molar-refractivity contribution >= 4 is 38.9 Å². The highest BCUT2D eigenvalue weighted by Gasteiger charge is 2.03. The number of hydrogen-bond acceptors (Lipinski definition) is 2. The first kappa shape index (κ1) is 9.19.